The average Bonchev–Trinajstić information content (AvgIpc) is 2.45. The van der Waals surface area contributed by atoms with E-state index < -0.39 is 35.6 Å². The zero-order chi connectivity index (χ0) is 16.5. The molecule has 1 fully saturated rings. The Morgan fingerprint density at radius 1 is 1.41 bits per heavy atom. The highest BCUT2D eigenvalue weighted by molar-refractivity contribution is 6.03. The molecule has 1 aliphatic rings. The number of rotatable bonds is 2. The molecule has 0 aliphatic carbocycles. The monoisotopic (exact) mass is 315 g/mol. The molecule has 2 rings (SSSR count). The molecule has 2 heterocycles. The molecule has 1 unspecified atom stereocenters. The van der Waals surface area contributed by atoms with E-state index in [1.165, 1.54) is 7.05 Å². The molecule has 0 spiro atoms. The molecule has 6 nitrogen and oxygen atoms in total. The third kappa shape index (κ3) is 3.23. The van der Waals surface area contributed by atoms with E-state index in [0.717, 1.165) is 17.2 Å². The highest BCUT2D eigenvalue weighted by Crippen LogP contribution is 2.28. The van der Waals surface area contributed by atoms with Crippen LogP contribution >= 0.6 is 0 Å². The average molecular weight is 315 g/mol. The molecule has 3 amide bonds. The number of aromatic nitrogens is 1. The Labute approximate surface area is 123 Å². The van der Waals surface area contributed by atoms with E-state index in [2.05, 4.69) is 10.3 Å². The molecule has 118 valence electrons. The minimum atomic E-state index is -4.66. The van der Waals surface area contributed by atoms with Crippen molar-refractivity contribution in [2.45, 2.75) is 25.1 Å². The molecular weight excluding hydrogens is 303 g/mol. The summed E-state index contributed by atoms with van der Waals surface area (Å²) in [6.07, 6.45) is -3.58. The predicted molar refractivity (Wildman–Crippen MR) is 67.5 cm³/mol. The summed E-state index contributed by atoms with van der Waals surface area (Å²) >= 11 is 0. The lowest BCUT2D eigenvalue weighted by atomic mass is 10.0. The van der Waals surface area contributed by atoms with Gasteiger partial charge in [0.15, 0.2) is 0 Å². The minimum absolute atomic E-state index is 0.0676. The third-order valence-electron chi connectivity index (χ3n) is 3.30. The van der Waals surface area contributed by atoms with Gasteiger partial charge in [-0.25, -0.2) is 0 Å². The van der Waals surface area contributed by atoms with E-state index in [1.54, 1.807) is 0 Å². The normalized spacial score (nSPS) is 18.8. The first-order valence-corrected chi connectivity index (χ1v) is 6.34. The van der Waals surface area contributed by atoms with Crippen molar-refractivity contribution in [2.75, 3.05) is 7.05 Å². The van der Waals surface area contributed by atoms with Gasteiger partial charge in [-0.1, -0.05) is 0 Å². The van der Waals surface area contributed by atoms with Crippen LogP contribution < -0.4 is 5.32 Å². The van der Waals surface area contributed by atoms with Crippen LogP contribution in [-0.4, -0.2) is 40.7 Å². The maximum Gasteiger partial charge on any atom is 0.433 e. The van der Waals surface area contributed by atoms with E-state index in [0.29, 0.717) is 6.07 Å². The summed E-state index contributed by atoms with van der Waals surface area (Å²) in [4.78, 5) is 39.2. The van der Waals surface area contributed by atoms with Gasteiger partial charge in [0.05, 0.1) is 0 Å². The van der Waals surface area contributed by atoms with Crippen LogP contribution in [0.4, 0.5) is 13.2 Å². The highest BCUT2D eigenvalue weighted by Gasteiger charge is 2.35. The summed E-state index contributed by atoms with van der Waals surface area (Å²) in [6.45, 7) is 0. The lowest BCUT2D eigenvalue weighted by Gasteiger charge is -2.29. The topological polar surface area (TPSA) is 79.4 Å². The van der Waals surface area contributed by atoms with Gasteiger partial charge in [-0.15, -0.1) is 0 Å². The van der Waals surface area contributed by atoms with Crippen LogP contribution in [0, 0.1) is 0 Å². The Morgan fingerprint density at radius 3 is 2.68 bits per heavy atom. The molecule has 1 atom stereocenters. The molecule has 0 saturated carbocycles. The SMILES string of the molecule is CN(C(=O)c1ccnc(C(F)(F)F)c1)C1CCC(=O)NC1=O. The van der Waals surface area contributed by atoms with Crippen LogP contribution in [0.25, 0.3) is 0 Å². The number of piperidine rings is 1. The first-order valence-electron chi connectivity index (χ1n) is 6.34. The van der Waals surface area contributed by atoms with Gasteiger partial charge in [0.1, 0.15) is 11.7 Å². The Hall–Kier alpha value is -2.45. The number of imide groups is 1. The lowest BCUT2D eigenvalue weighted by molar-refractivity contribution is -0.141. The Kier molecular flexibility index (Phi) is 4.16. The van der Waals surface area contributed by atoms with Crippen molar-refractivity contribution in [3.8, 4) is 0 Å². The molecular formula is C13H12F3N3O3. The van der Waals surface area contributed by atoms with Crippen molar-refractivity contribution in [1.82, 2.24) is 15.2 Å². The number of carbonyl (C=O) groups is 3. The van der Waals surface area contributed by atoms with E-state index in [-0.39, 0.29) is 18.4 Å². The molecule has 1 aromatic heterocycles. The zero-order valence-electron chi connectivity index (χ0n) is 11.5. The summed E-state index contributed by atoms with van der Waals surface area (Å²) in [7, 11) is 1.30. The molecule has 0 aromatic carbocycles. The van der Waals surface area contributed by atoms with Crippen molar-refractivity contribution in [3.63, 3.8) is 0 Å². The van der Waals surface area contributed by atoms with Crippen molar-refractivity contribution in [3.05, 3.63) is 29.6 Å². The minimum Gasteiger partial charge on any atom is -0.330 e. The number of nitrogens with one attached hydrogen (secondary N) is 1. The Bertz CT molecular complexity index is 630. The standard InChI is InChI=1S/C13H12F3N3O3/c1-19(8-2-3-10(20)18-11(8)21)12(22)7-4-5-17-9(6-7)13(14,15)16/h4-6,8H,2-3H2,1H3,(H,18,20,21). The van der Waals surface area contributed by atoms with E-state index in [4.69, 9.17) is 0 Å². The zero-order valence-corrected chi connectivity index (χ0v) is 11.5. The number of nitrogens with zero attached hydrogens (tertiary/aromatic N) is 2. The third-order valence-corrected chi connectivity index (χ3v) is 3.30. The number of hydrogen-bond donors (Lipinski definition) is 1. The van der Waals surface area contributed by atoms with Crippen LogP contribution in [0.2, 0.25) is 0 Å². The first kappa shape index (κ1) is 15.9. The van der Waals surface area contributed by atoms with Gasteiger partial charge in [0.2, 0.25) is 11.8 Å². The fourth-order valence-corrected chi connectivity index (χ4v) is 2.12. The second kappa shape index (κ2) is 5.74. The summed E-state index contributed by atoms with van der Waals surface area (Å²) in [5.74, 6) is -1.83. The number of likely N-dealkylation sites (N-methyl/N-ethyl adjacent to an activating group) is 1. The molecule has 1 N–H and O–H groups in total. The smallest absolute Gasteiger partial charge is 0.330 e. The summed E-state index contributed by atoms with van der Waals surface area (Å²) in [5, 5.41) is 2.09. The summed E-state index contributed by atoms with van der Waals surface area (Å²) in [6, 6.07) is 0.873. The second-order valence-electron chi connectivity index (χ2n) is 4.81. The van der Waals surface area contributed by atoms with E-state index in [9.17, 15) is 27.6 Å². The summed E-state index contributed by atoms with van der Waals surface area (Å²) < 4.78 is 37.8. The van der Waals surface area contributed by atoms with Crippen LogP contribution in [0.1, 0.15) is 28.9 Å². The number of amides is 3. The van der Waals surface area contributed by atoms with Crippen molar-refractivity contribution >= 4 is 17.7 Å². The number of halogens is 3. The van der Waals surface area contributed by atoms with Crippen molar-refractivity contribution < 1.29 is 27.6 Å². The van der Waals surface area contributed by atoms with Gasteiger partial charge in [-0.2, -0.15) is 13.2 Å². The van der Waals surface area contributed by atoms with Gasteiger partial charge in [0, 0.05) is 25.2 Å². The van der Waals surface area contributed by atoms with Crippen LogP contribution in [0.3, 0.4) is 0 Å². The fourth-order valence-electron chi connectivity index (χ4n) is 2.12. The predicted octanol–water partition coefficient (Wildman–Crippen LogP) is 0.978. The Balaban J connectivity index is 2.21. The van der Waals surface area contributed by atoms with Crippen molar-refractivity contribution in [1.29, 1.82) is 0 Å². The molecule has 22 heavy (non-hydrogen) atoms. The fraction of sp³-hybridized carbons (Fsp3) is 0.385. The molecule has 1 saturated heterocycles. The number of alkyl halides is 3. The molecule has 1 aliphatic heterocycles. The van der Waals surface area contributed by atoms with Crippen LogP contribution in [-0.2, 0) is 15.8 Å². The first-order chi connectivity index (χ1) is 10.2. The van der Waals surface area contributed by atoms with Gasteiger partial charge in [0.25, 0.3) is 5.91 Å². The van der Waals surface area contributed by atoms with Crippen molar-refractivity contribution in [2.24, 2.45) is 0 Å². The van der Waals surface area contributed by atoms with Gasteiger partial charge in [-0.3, -0.25) is 24.7 Å². The lowest BCUT2D eigenvalue weighted by Crippen LogP contribution is -2.52. The Morgan fingerprint density at radius 2 is 2.09 bits per heavy atom. The number of carbonyl (C=O) groups excluding carboxylic acids is 3. The maximum atomic E-state index is 12.6. The molecule has 0 radical (unpaired) electrons. The molecule has 0 bridgehead atoms. The maximum absolute atomic E-state index is 12.6. The second-order valence-corrected chi connectivity index (χ2v) is 4.81. The van der Waals surface area contributed by atoms with Crippen LogP contribution in [0.15, 0.2) is 18.3 Å². The molecule has 1 aromatic rings. The van der Waals surface area contributed by atoms with Gasteiger partial charge in [-0.05, 0) is 18.6 Å². The highest BCUT2D eigenvalue weighted by atomic mass is 19.4. The quantitative estimate of drug-likeness (QED) is 0.825. The van der Waals surface area contributed by atoms with Gasteiger partial charge < -0.3 is 4.90 Å². The summed E-state index contributed by atoms with van der Waals surface area (Å²) in [5.41, 5.74) is -1.41. The molecule has 9 heteroatoms. The number of pyridine rings is 1. The number of hydrogen-bond acceptors (Lipinski definition) is 4. The van der Waals surface area contributed by atoms with Gasteiger partial charge >= 0.3 is 6.18 Å². The largest absolute Gasteiger partial charge is 0.433 e. The van der Waals surface area contributed by atoms with Crippen LogP contribution in [0.5, 0.6) is 0 Å². The van der Waals surface area contributed by atoms with E-state index in [1.807, 2.05) is 0 Å². The van der Waals surface area contributed by atoms with E-state index >= 15 is 0 Å².